The van der Waals surface area contributed by atoms with E-state index in [1.807, 2.05) is 0 Å². The average Bonchev–Trinajstić information content (AvgIpc) is 2.82. The van der Waals surface area contributed by atoms with E-state index in [2.05, 4.69) is 26.2 Å². The first-order chi connectivity index (χ1) is 17.1. The largest absolute Gasteiger partial charge is 0.415 e. The molecule has 210 valence electrons. The third-order valence-corrected chi connectivity index (χ3v) is 5.04. The Morgan fingerprint density at radius 2 is 0.629 bits per heavy atom. The van der Waals surface area contributed by atoms with E-state index in [1.54, 1.807) is 6.08 Å². The highest BCUT2D eigenvalue weighted by atomic mass is 28.4. The van der Waals surface area contributed by atoms with Gasteiger partial charge in [-0.2, -0.15) is 0 Å². The molecule has 0 atom stereocenters. The molecule has 0 N–H and O–H groups in total. The number of ether oxygens (including phenoxy) is 9. The Labute approximate surface area is 213 Å². The summed E-state index contributed by atoms with van der Waals surface area (Å²) in [5, 5.41) is 0. The highest BCUT2D eigenvalue weighted by Crippen LogP contribution is 2.01. The van der Waals surface area contributed by atoms with Crippen molar-refractivity contribution in [2.45, 2.75) is 19.6 Å². The van der Waals surface area contributed by atoms with Gasteiger partial charge in [0.2, 0.25) is 0 Å². The molecule has 0 unspecified atom stereocenters. The highest BCUT2D eigenvalue weighted by Gasteiger charge is 2.12. The summed E-state index contributed by atoms with van der Waals surface area (Å²) in [5.74, 6) is 0. The fourth-order valence-corrected chi connectivity index (χ4v) is 3.03. The molecule has 0 saturated carbocycles. The van der Waals surface area contributed by atoms with Gasteiger partial charge in [-0.25, -0.2) is 0 Å². The van der Waals surface area contributed by atoms with Crippen LogP contribution in [0.4, 0.5) is 0 Å². The second-order valence-electron chi connectivity index (χ2n) is 8.22. The van der Waals surface area contributed by atoms with Crippen LogP contribution in [0.3, 0.4) is 0 Å². The SMILES string of the molecule is C=CCOCCOCCOCCOCCOCCOCCOCCOCCOCCO[Si](C)(C)C. The van der Waals surface area contributed by atoms with Crippen LogP contribution < -0.4 is 0 Å². The summed E-state index contributed by atoms with van der Waals surface area (Å²) in [6, 6.07) is 0. The molecule has 0 heterocycles. The minimum atomic E-state index is -1.44. The quantitative estimate of drug-likeness (QED) is 0.0788. The molecule has 10 nitrogen and oxygen atoms in total. The molecular weight excluding hydrogens is 476 g/mol. The van der Waals surface area contributed by atoms with E-state index in [4.69, 9.17) is 47.1 Å². The van der Waals surface area contributed by atoms with Gasteiger partial charge >= 0.3 is 0 Å². The van der Waals surface area contributed by atoms with E-state index < -0.39 is 8.32 Å². The van der Waals surface area contributed by atoms with E-state index in [9.17, 15) is 0 Å². The van der Waals surface area contributed by atoms with Gasteiger partial charge in [0.05, 0.1) is 126 Å². The first-order valence-corrected chi connectivity index (χ1v) is 15.9. The summed E-state index contributed by atoms with van der Waals surface area (Å²) in [7, 11) is -1.44. The van der Waals surface area contributed by atoms with Crippen LogP contribution in [0, 0.1) is 0 Å². The third-order valence-electron chi connectivity index (χ3n) is 3.97. The van der Waals surface area contributed by atoms with Crippen molar-refractivity contribution in [3.05, 3.63) is 12.7 Å². The van der Waals surface area contributed by atoms with E-state index in [-0.39, 0.29) is 0 Å². The molecule has 0 aliphatic carbocycles. The monoisotopic (exact) mass is 526 g/mol. The molecule has 0 radical (unpaired) electrons. The smallest absolute Gasteiger partial charge is 0.183 e. The third kappa shape index (κ3) is 33.6. The van der Waals surface area contributed by atoms with Crippen molar-refractivity contribution in [2.24, 2.45) is 0 Å². The number of rotatable bonds is 30. The van der Waals surface area contributed by atoms with Gasteiger partial charge < -0.3 is 47.1 Å². The number of hydrogen-bond acceptors (Lipinski definition) is 10. The highest BCUT2D eigenvalue weighted by molar-refractivity contribution is 6.69. The van der Waals surface area contributed by atoms with Crippen molar-refractivity contribution in [1.29, 1.82) is 0 Å². The van der Waals surface area contributed by atoms with Gasteiger partial charge in [0.25, 0.3) is 0 Å². The molecule has 0 saturated heterocycles. The lowest BCUT2D eigenvalue weighted by atomic mass is 10.6. The van der Waals surface area contributed by atoms with Gasteiger partial charge in [-0.3, -0.25) is 0 Å². The maximum Gasteiger partial charge on any atom is 0.183 e. The molecule has 0 rings (SSSR count). The topological polar surface area (TPSA) is 92.3 Å². The van der Waals surface area contributed by atoms with E-state index in [1.165, 1.54) is 0 Å². The predicted octanol–water partition coefficient (Wildman–Crippen LogP) is 2.17. The summed E-state index contributed by atoms with van der Waals surface area (Å²) < 4.78 is 54.4. The second-order valence-corrected chi connectivity index (χ2v) is 12.7. The van der Waals surface area contributed by atoms with Crippen LogP contribution >= 0.6 is 0 Å². The predicted molar refractivity (Wildman–Crippen MR) is 137 cm³/mol. The Kier molecular flexibility index (Phi) is 27.8. The number of hydrogen-bond donors (Lipinski definition) is 0. The van der Waals surface area contributed by atoms with Crippen molar-refractivity contribution < 1.29 is 47.1 Å². The summed E-state index contributed by atoms with van der Waals surface area (Å²) in [6.07, 6.45) is 1.71. The summed E-state index contributed by atoms with van der Waals surface area (Å²) >= 11 is 0. The maximum atomic E-state index is 5.70. The summed E-state index contributed by atoms with van der Waals surface area (Å²) in [5.41, 5.74) is 0. The standard InChI is InChI=1S/C24H50O10Si/c1-5-6-25-7-8-26-9-10-27-11-12-28-13-14-29-15-16-30-17-18-31-19-20-32-21-22-33-23-24-34-35(2,3)4/h5H,1,6-24H2,2-4H3. The van der Waals surface area contributed by atoms with Crippen molar-refractivity contribution >= 4 is 8.32 Å². The fraction of sp³-hybridized carbons (Fsp3) is 0.917. The Hall–Kier alpha value is -0.443. The van der Waals surface area contributed by atoms with Crippen LogP contribution in [-0.2, 0) is 47.1 Å². The van der Waals surface area contributed by atoms with Crippen LogP contribution in [0.1, 0.15) is 0 Å². The molecule has 11 heteroatoms. The maximum absolute atomic E-state index is 5.70. The van der Waals surface area contributed by atoms with Gasteiger partial charge in [0.1, 0.15) is 0 Å². The van der Waals surface area contributed by atoms with E-state index >= 15 is 0 Å². The van der Waals surface area contributed by atoms with Crippen molar-refractivity contribution in [3.63, 3.8) is 0 Å². The fourth-order valence-electron chi connectivity index (χ4n) is 2.33. The van der Waals surface area contributed by atoms with Gasteiger partial charge in [-0.15, -0.1) is 6.58 Å². The Bertz CT molecular complexity index is 424. The lowest BCUT2D eigenvalue weighted by Gasteiger charge is -2.16. The molecule has 0 aliphatic heterocycles. The minimum absolute atomic E-state index is 0.528. The van der Waals surface area contributed by atoms with Gasteiger partial charge in [0.15, 0.2) is 8.32 Å². The molecule has 0 spiro atoms. The van der Waals surface area contributed by atoms with Crippen molar-refractivity contribution in [1.82, 2.24) is 0 Å². The van der Waals surface area contributed by atoms with Gasteiger partial charge in [0, 0.05) is 0 Å². The van der Waals surface area contributed by atoms with Gasteiger partial charge in [-0.05, 0) is 19.6 Å². The van der Waals surface area contributed by atoms with E-state index in [0.717, 1.165) is 0 Å². The molecular formula is C24H50O10Si. The lowest BCUT2D eigenvalue weighted by molar-refractivity contribution is -0.0250. The Morgan fingerprint density at radius 1 is 0.400 bits per heavy atom. The van der Waals surface area contributed by atoms with Crippen molar-refractivity contribution in [3.8, 4) is 0 Å². The molecule has 0 aromatic rings. The average molecular weight is 527 g/mol. The zero-order valence-corrected chi connectivity index (χ0v) is 23.3. The lowest BCUT2D eigenvalue weighted by Crippen LogP contribution is -2.27. The summed E-state index contributed by atoms with van der Waals surface area (Å²) in [6.45, 7) is 20.5. The molecule has 35 heavy (non-hydrogen) atoms. The second kappa shape index (κ2) is 28.1. The molecule has 0 bridgehead atoms. The minimum Gasteiger partial charge on any atom is -0.415 e. The van der Waals surface area contributed by atoms with E-state index in [0.29, 0.717) is 126 Å². The molecule has 0 aliphatic rings. The normalized spacial score (nSPS) is 11.9. The molecule has 0 aromatic heterocycles. The first kappa shape index (κ1) is 34.6. The first-order valence-electron chi connectivity index (χ1n) is 12.5. The van der Waals surface area contributed by atoms with Crippen LogP contribution in [0.5, 0.6) is 0 Å². The molecule has 0 amide bonds. The van der Waals surface area contributed by atoms with Crippen LogP contribution in [0.2, 0.25) is 19.6 Å². The van der Waals surface area contributed by atoms with Crippen LogP contribution in [0.15, 0.2) is 12.7 Å². The molecule has 0 aromatic carbocycles. The van der Waals surface area contributed by atoms with Crippen LogP contribution in [-0.4, -0.2) is 134 Å². The molecule has 0 fully saturated rings. The Balaban J connectivity index is 3.04. The summed E-state index contributed by atoms with van der Waals surface area (Å²) in [4.78, 5) is 0. The van der Waals surface area contributed by atoms with Gasteiger partial charge in [-0.1, -0.05) is 6.08 Å². The Morgan fingerprint density at radius 3 is 0.857 bits per heavy atom. The zero-order valence-electron chi connectivity index (χ0n) is 22.3. The van der Waals surface area contributed by atoms with Crippen LogP contribution in [0.25, 0.3) is 0 Å². The van der Waals surface area contributed by atoms with Crippen molar-refractivity contribution in [2.75, 3.05) is 126 Å². The zero-order chi connectivity index (χ0) is 25.7.